The maximum absolute atomic E-state index is 13.2. The highest BCUT2D eigenvalue weighted by molar-refractivity contribution is 6.22. The van der Waals surface area contributed by atoms with Crippen molar-refractivity contribution in [2.24, 2.45) is 11.3 Å². The van der Waals surface area contributed by atoms with E-state index in [4.69, 9.17) is 9.47 Å². The number of fused-ring (bicyclic) bond motifs is 4. The van der Waals surface area contributed by atoms with Crippen molar-refractivity contribution in [1.29, 1.82) is 0 Å². The molecule has 0 N–H and O–H groups in total. The molecule has 0 bridgehead atoms. The molecule has 0 aromatic heterocycles. The predicted octanol–water partition coefficient (Wildman–Crippen LogP) is 3.47. The van der Waals surface area contributed by atoms with Gasteiger partial charge in [-0.1, -0.05) is 20.8 Å². The molecule has 0 spiro atoms. The summed E-state index contributed by atoms with van der Waals surface area (Å²) in [5.41, 5.74) is 3.60. The standard InChI is InChI=1S/C22H27NO4/c1-12-20-14-9-18(27-5)17(26-4)8-13(14)6-7-23(20)15-10-22(2,3)11-16(24)19(15)21(12)25/h8-9,12,20H,6-7,10-11H2,1-5H3/t12-,20+/m0/s1. The van der Waals surface area contributed by atoms with Crippen molar-refractivity contribution >= 4 is 11.6 Å². The normalized spacial score (nSPS) is 26.3. The third-order valence-electron chi connectivity index (χ3n) is 6.25. The van der Waals surface area contributed by atoms with Crippen LogP contribution in [0.2, 0.25) is 0 Å². The van der Waals surface area contributed by atoms with E-state index in [0.717, 1.165) is 30.6 Å². The van der Waals surface area contributed by atoms with Gasteiger partial charge in [-0.15, -0.1) is 0 Å². The van der Waals surface area contributed by atoms with Crippen LogP contribution < -0.4 is 9.47 Å². The molecular formula is C22H27NO4. The molecule has 2 heterocycles. The van der Waals surface area contributed by atoms with Crippen LogP contribution in [0.3, 0.4) is 0 Å². The molecule has 0 radical (unpaired) electrons. The highest BCUT2D eigenvalue weighted by atomic mass is 16.5. The van der Waals surface area contributed by atoms with Gasteiger partial charge in [0, 0.05) is 24.6 Å². The maximum Gasteiger partial charge on any atom is 0.173 e. The van der Waals surface area contributed by atoms with E-state index in [2.05, 4.69) is 18.7 Å². The van der Waals surface area contributed by atoms with Gasteiger partial charge in [-0.3, -0.25) is 9.59 Å². The molecule has 1 aromatic rings. The summed E-state index contributed by atoms with van der Waals surface area (Å²) < 4.78 is 11.0. The maximum atomic E-state index is 13.2. The van der Waals surface area contributed by atoms with Crippen molar-refractivity contribution in [3.63, 3.8) is 0 Å². The molecule has 0 saturated carbocycles. The first-order valence-corrected chi connectivity index (χ1v) is 9.59. The van der Waals surface area contributed by atoms with Crippen molar-refractivity contribution in [3.8, 4) is 11.5 Å². The number of carbonyl (C=O) groups is 2. The summed E-state index contributed by atoms with van der Waals surface area (Å²) in [5.74, 6) is 1.14. The van der Waals surface area contributed by atoms with Gasteiger partial charge in [0.25, 0.3) is 0 Å². The van der Waals surface area contributed by atoms with Crippen LogP contribution in [-0.2, 0) is 16.0 Å². The Hall–Kier alpha value is -2.30. The fourth-order valence-corrected chi connectivity index (χ4v) is 5.00. The Bertz CT molecular complexity index is 867. The van der Waals surface area contributed by atoms with Crippen molar-refractivity contribution in [3.05, 3.63) is 34.5 Å². The largest absolute Gasteiger partial charge is 0.493 e. The zero-order chi connectivity index (χ0) is 19.5. The number of methoxy groups -OCH3 is 2. The van der Waals surface area contributed by atoms with E-state index in [-0.39, 0.29) is 28.9 Å². The number of allylic oxidation sites excluding steroid dienone is 2. The number of rotatable bonds is 2. The van der Waals surface area contributed by atoms with E-state index in [1.165, 1.54) is 5.56 Å². The second-order valence-corrected chi connectivity index (χ2v) is 8.71. The van der Waals surface area contributed by atoms with Gasteiger partial charge < -0.3 is 14.4 Å². The Morgan fingerprint density at radius 2 is 1.74 bits per heavy atom. The van der Waals surface area contributed by atoms with Crippen LogP contribution in [0.4, 0.5) is 0 Å². The van der Waals surface area contributed by atoms with E-state index < -0.39 is 0 Å². The second kappa shape index (κ2) is 6.11. The summed E-state index contributed by atoms with van der Waals surface area (Å²) >= 11 is 0. The Labute approximate surface area is 160 Å². The van der Waals surface area contributed by atoms with Gasteiger partial charge in [-0.05, 0) is 41.5 Å². The highest BCUT2D eigenvalue weighted by Crippen LogP contribution is 2.50. The molecule has 3 aliphatic rings. The van der Waals surface area contributed by atoms with Crippen LogP contribution in [0.25, 0.3) is 0 Å². The lowest BCUT2D eigenvalue weighted by atomic mass is 9.68. The quantitative estimate of drug-likeness (QED) is 0.747. The molecule has 0 fully saturated rings. The number of ketones is 2. The summed E-state index contributed by atoms with van der Waals surface area (Å²) in [6.45, 7) is 6.98. The molecule has 2 atom stereocenters. The summed E-state index contributed by atoms with van der Waals surface area (Å²) in [6.07, 6.45) is 2.08. The topological polar surface area (TPSA) is 55.8 Å². The first-order chi connectivity index (χ1) is 12.8. The lowest BCUT2D eigenvalue weighted by Crippen LogP contribution is -2.49. The number of hydrogen-bond acceptors (Lipinski definition) is 5. The number of ether oxygens (including phenoxy) is 2. The van der Waals surface area contributed by atoms with E-state index in [1.807, 2.05) is 19.1 Å². The third-order valence-corrected chi connectivity index (χ3v) is 6.25. The predicted molar refractivity (Wildman–Crippen MR) is 102 cm³/mol. The molecule has 144 valence electrons. The second-order valence-electron chi connectivity index (χ2n) is 8.71. The van der Waals surface area contributed by atoms with Gasteiger partial charge in [-0.25, -0.2) is 0 Å². The minimum absolute atomic E-state index is 0.00520. The minimum Gasteiger partial charge on any atom is -0.493 e. The Balaban J connectivity index is 1.86. The van der Waals surface area contributed by atoms with Crippen LogP contribution in [-0.4, -0.2) is 37.2 Å². The molecule has 2 aliphatic heterocycles. The van der Waals surface area contributed by atoms with Crippen molar-refractivity contribution < 1.29 is 19.1 Å². The summed E-state index contributed by atoms with van der Waals surface area (Å²) in [7, 11) is 3.27. The third kappa shape index (κ3) is 2.67. The Morgan fingerprint density at radius 3 is 2.41 bits per heavy atom. The smallest absolute Gasteiger partial charge is 0.173 e. The van der Waals surface area contributed by atoms with Crippen LogP contribution in [0, 0.1) is 11.3 Å². The Kier molecular flexibility index (Phi) is 4.09. The zero-order valence-electron chi connectivity index (χ0n) is 16.7. The first kappa shape index (κ1) is 18.1. The summed E-state index contributed by atoms with van der Waals surface area (Å²) in [6, 6.07) is 3.99. The van der Waals surface area contributed by atoms with Crippen LogP contribution in [0.15, 0.2) is 23.4 Å². The fraction of sp³-hybridized carbons (Fsp3) is 0.545. The zero-order valence-corrected chi connectivity index (χ0v) is 16.7. The average molecular weight is 369 g/mol. The number of carbonyl (C=O) groups excluding carboxylic acids is 2. The van der Waals surface area contributed by atoms with Gasteiger partial charge in [0.05, 0.1) is 25.8 Å². The van der Waals surface area contributed by atoms with Gasteiger partial charge in [0.1, 0.15) is 0 Å². The van der Waals surface area contributed by atoms with Crippen LogP contribution in [0.5, 0.6) is 11.5 Å². The molecule has 0 saturated heterocycles. The number of hydrogen-bond donors (Lipinski definition) is 0. The minimum atomic E-state index is -0.258. The van der Waals surface area contributed by atoms with E-state index in [9.17, 15) is 9.59 Å². The fourth-order valence-electron chi connectivity index (χ4n) is 5.00. The Morgan fingerprint density at radius 1 is 1.07 bits per heavy atom. The summed E-state index contributed by atoms with van der Waals surface area (Å²) in [5, 5.41) is 0. The lowest BCUT2D eigenvalue weighted by Gasteiger charge is -2.49. The summed E-state index contributed by atoms with van der Waals surface area (Å²) in [4.78, 5) is 28.2. The van der Waals surface area contributed by atoms with E-state index in [0.29, 0.717) is 23.5 Å². The molecule has 5 nitrogen and oxygen atoms in total. The number of Topliss-reactive ketones (excluding diaryl/α,β-unsaturated/α-hetero) is 2. The molecule has 0 unspecified atom stereocenters. The molecular weight excluding hydrogens is 342 g/mol. The number of benzene rings is 1. The van der Waals surface area contributed by atoms with Crippen LogP contribution in [0.1, 0.15) is 50.8 Å². The van der Waals surface area contributed by atoms with Gasteiger partial charge >= 0.3 is 0 Å². The van der Waals surface area contributed by atoms with E-state index >= 15 is 0 Å². The molecule has 1 aromatic carbocycles. The monoisotopic (exact) mass is 369 g/mol. The highest BCUT2D eigenvalue weighted by Gasteiger charge is 2.48. The van der Waals surface area contributed by atoms with Crippen LogP contribution >= 0.6 is 0 Å². The molecule has 4 rings (SSSR count). The van der Waals surface area contributed by atoms with Crippen molar-refractivity contribution in [2.45, 2.75) is 46.1 Å². The van der Waals surface area contributed by atoms with Gasteiger partial charge in [0.15, 0.2) is 23.1 Å². The van der Waals surface area contributed by atoms with Gasteiger partial charge in [-0.2, -0.15) is 0 Å². The first-order valence-electron chi connectivity index (χ1n) is 9.59. The molecule has 0 amide bonds. The molecule has 27 heavy (non-hydrogen) atoms. The van der Waals surface area contributed by atoms with Crippen molar-refractivity contribution in [1.82, 2.24) is 4.90 Å². The molecule has 1 aliphatic carbocycles. The SMILES string of the molecule is COc1cc2c(cc1OC)[C@H]1[C@H](C)C(=O)C3=C(CC(C)(C)CC3=O)N1CC2. The van der Waals surface area contributed by atoms with E-state index in [1.54, 1.807) is 14.2 Å². The van der Waals surface area contributed by atoms with Gasteiger partial charge in [0.2, 0.25) is 0 Å². The molecule has 5 heteroatoms. The van der Waals surface area contributed by atoms with Crippen molar-refractivity contribution in [2.75, 3.05) is 20.8 Å². The lowest BCUT2D eigenvalue weighted by molar-refractivity contribution is -0.128. The number of nitrogens with zero attached hydrogens (tertiary/aromatic N) is 1. The average Bonchev–Trinajstić information content (AvgIpc) is 2.62.